The van der Waals surface area contributed by atoms with E-state index in [0.717, 1.165) is 11.8 Å². The molecule has 1 aliphatic rings. The second kappa shape index (κ2) is 7.79. The molecule has 0 aliphatic carbocycles. The molecular weight excluding hydrogens is 378 g/mol. The molecule has 0 N–H and O–H groups in total. The number of hydrogen-bond acceptors (Lipinski definition) is 6. The molecule has 0 spiro atoms. The quantitative estimate of drug-likeness (QED) is 0.451. The van der Waals surface area contributed by atoms with E-state index in [1.54, 1.807) is 43.3 Å². The third-order valence-electron chi connectivity index (χ3n) is 4.24. The second-order valence-electron chi connectivity index (χ2n) is 6.35. The van der Waals surface area contributed by atoms with E-state index in [9.17, 15) is 18.1 Å². The third-order valence-corrected chi connectivity index (χ3v) is 5.37. The van der Waals surface area contributed by atoms with Crippen molar-refractivity contribution in [2.45, 2.75) is 17.9 Å². The molecule has 0 fully saturated rings. The van der Waals surface area contributed by atoms with Crippen molar-refractivity contribution in [1.82, 2.24) is 0 Å². The Bertz CT molecular complexity index is 1120. The molecule has 0 bridgehead atoms. The first-order valence-electron chi connectivity index (χ1n) is 8.45. The van der Waals surface area contributed by atoms with Crippen molar-refractivity contribution >= 4 is 27.0 Å². The van der Waals surface area contributed by atoms with Crippen LogP contribution in [-0.2, 0) is 19.4 Å². The summed E-state index contributed by atoms with van der Waals surface area (Å²) in [4.78, 5) is 22.9. The Morgan fingerprint density at radius 2 is 1.64 bits per heavy atom. The molecule has 28 heavy (non-hydrogen) atoms. The zero-order valence-electron chi connectivity index (χ0n) is 15.3. The summed E-state index contributed by atoms with van der Waals surface area (Å²) in [6, 6.07) is 12.8. The summed E-state index contributed by atoms with van der Waals surface area (Å²) in [5.41, 5.74) is 3.24. The summed E-state index contributed by atoms with van der Waals surface area (Å²) in [6.07, 6.45) is 1.14. The van der Waals surface area contributed by atoms with E-state index < -0.39 is 21.8 Å². The molecule has 0 aromatic heterocycles. The van der Waals surface area contributed by atoms with E-state index in [1.807, 2.05) is 0 Å². The second-order valence-corrected chi connectivity index (χ2v) is 8.37. The van der Waals surface area contributed by atoms with Crippen LogP contribution in [0.3, 0.4) is 0 Å². The molecule has 6 nitrogen and oxygen atoms in total. The fourth-order valence-corrected chi connectivity index (χ4v) is 3.39. The number of nitrogens with zero attached hydrogens (tertiary/aromatic N) is 1. The summed E-state index contributed by atoms with van der Waals surface area (Å²) < 4.78 is 28.5. The number of sulfone groups is 1. The van der Waals surface area contributed by atoms with Crippen LogP contribution in [0.15, 0.2) is 58.6 Å². The van der Waals surface area contributed by atoms with Gasteiger partial charge in [0, 0.05) is 17.4 Å². The summed E-state index contributed by atoms with van der Waals surface area (Å²) in [6.45, 7) is 1.73. The van der Waals surface area contributed by atoms with Gasteiger partial charge in [-0.15, -0.1) is 4.91 Å². The number of carbonyl (C=O) groups excluding carboxylic acids is 1. The van der Waals surface area contributed by atoms with Gasteiger partial charge in [0.05, 0.1) is 10.5 Å². The maximum Gasteiger partial charge on any atom is 0.339 e. The molecule has 1 aliphatic heterocycles. The molecule has 1 atom stereocenters. The Labute approximate surface area is 163 Å². The van der Waals surface area contributed by atoms with Crippen molar-refractivity contribution in [3.63, 3.8) is 0 Å². The first kappa shape index (κ1) is 19.5. The maximum absolute atomic E-state index is 12.3. The van der Waals surface area contributed by atoms with Crippen molar-refractivity contribution in [3.05, 3.63) is 70.1 Å². The highest BCUT2D eigenvalue weighted by Gasteiger charge is 2.27. The van der Waals surface area contributed by atoms with Crippen LogP contribution in [0.4, 0.5) is 0 Å². The highest BCUT2D eigenvalue weighted by Crippen LogP contribution is 2.33. The van der Waals surface area contributed by atoms with Crippen molar-refractivity contribution in [3.8, 4) is 11.8 Å². The molecule has 1 unspecified atom stereocenters. The van der Waals surface area contributed by atoms with Gasteiger partial charge in [0.1, 0.15) is 12.6 Å². The fourth-order valence-electron chi connectivity index (χ4n) is 2.76. The topological polar surface area (TPSA) is 89.9 Å². The highest BCUT2D eigenvalue weighted by molar-refractivity contribution is 7.90. The molecule has 0 amide bonds. The standard InChI is InChI=1S/C21H17NO5S/c1-14(22-24)3-4-15-5-7-17(8-6-15)20-19(13-27-21(20)23)16-9-11-18(12-10-16)28(2,25)26/h5-12,14H,13H2,1-2H3. The number of benzene rings is 2. The van der Waals surface area contributed by atoms with E-state index in [4.69, 9.17) is 4.74 Å². The summed E-state index contributed by atoms with van der Waals surface area (Å²) >= 11 is 0. The van der Waals surface area contributed by atoms with Gasteiger partial charge < -0.3 is 4.74 Å². The number of nitroso groups, excluding NO2 is 1. The lowest BCUT2D eigenvalue weighted by Crippen LogP contribution is -1.99. The Kier molecular flexibility index (Phi) is 5.43. The van der Waals surface area contributed by atoms with Crippen molar-refractivity contribution < 1.29 is 17.9 Å². The maximum atomic E-state index is 12.3. The van der Waals surface area contributed by atoms with Crippen LogP contribution < -0.4 is 0 Å². The monoisotopic (exact) mass is 395 g/mol. The van der Waals surface area contributed by atoms with Gasteiger partial charge in [0.25, 0.3) is 0 Å². The van der Waals surface area contributed by atoms with Crippen LogP contribution in [0.25, 0.3) is 11.1 Å². The van der Waals surface area contributed by atoms with Crippen LogP contribution in [0.2, 0.25) is 0 Å². The number of ether oxygens (including phenoxy) is 1. The summed E-state index contributed by atoms with van der Waals surface area (Å²) in [5.74, 6) is 5.14. The Morgan fingerprint density at radius 1 is 1.04 bits per heavy atom. The van der Waals surface area contributed by atoms with Gasteiger partial charge >= 0.3 is 5.97 Å². The van der Waals surface area contributed by atoms with Crippen molar-refractivity contribution in [2.24, 2.45) is 5.18 Å². The van der Waals surface area contributed by atoms with Crippen LogP contribution in [0.5, 0.6) is 0 Å². The van der Waals surface area contributed by atoms with Crippen molar-refractivity contribution in [2.75, 3.05) is 12.9 Å². The Hall–Kier alpha value is -3.24. The van der Waals surface area contributed by atoms with E-state index in [2.05, 4.69) is 17.0 Å². The predicted molar refractivity (Wildman–Crippen MR) is 106 cm³/mol. The Morgan fingerprint density at radius 3 is 2.21 bits per heavy atom. The van der Waals surface area contributed by atoms with Gasteiger partial charge in [0.15, 0.2) is 9.84 Å². The van der Waals surface area contributed by atoms with Gasteiger partial charge in [-0.1, -0.05) is 41.3 Å². The lowest BCUT2D eigenvalue weighted by Gasteiger charge is -2.06. The Balaban J connectivity index is 1.97. The first-order chi connectivity index (χ1) is 13.3. The average molecular weight is 395 g/mol. The molecule has 7 heteroatoms. The van der Waals surface area contributed by atoms with Gasteiger partial charge in [-0.05, 0) is 42.3 Å². The minimum Gasteiger partial charge on any atom is -0.457 e. The van der Waals surface area contributed by atoms with Crippen LogP contribution >= 0.6 is 0 Å². The molecule has 1 heterocycles. The SMILES string of the molecule is CC(C#Cc1ccc(C2=C(c3ccc(S(C)(=O)=O)cc3)COC2=O)cc1)N=O. The first-order valence-corrected chi connectivity index (χ1v) is 10.3. The highest BCUT2D eigenvalue weighted by atomic mass is 32.2. The number of hydrogen-bond donors (Lipinski definition) is 0. The zero-order valence-corrected chi connectivity index (χ0v) is 16.1. The van der Waals surface area contributed by atoms with Crippen LogP contribution in [0.1, 0.15) is 23.6 Å². The number of esters is 1. The predicted octanol–water partition coefficient (Wildman–Crippen LogP) is 3.06. The lowest BCUT2D eigenvalue weighted by molar-refractivity contribution is -0.133. The molecule has 2 aromatic carbocycles. The normalized spacial score (nSPS) is 14.9. The molecule has 0 saturated carbocycles. The molecule has 142 valence electrons. The zero-order chi connectivity index (χ0) is 20.3. The summed E-state index contributed by atoms with van der Waals surface area (Å²) in [5, 5.41) is 2.83. The number of rotatable bonds is 4. The fraction of sp³-hybridized carbons (Fsp3) is 0.190. The molecule has 0 saturated heterocycles. The van der Waals surface area contributed by atoms with Gasteiger partial charge in [-0.3, -0.25) is 0 Å². The van der Waals surface area contributed by atoms with Gasteiger partial charge in [-0.25, -0.2) is 13.2 Å². The minimum absolute atomic E-state index is 0.121. The third kappa shape index (κ3) is 4.18. The van der Waals surface area contributed by atoms with E-state index in [-0.39, 0.29) is 11.5 Å². The lowest BCUT2D eigenvalue weighted by atomic mass is 9.96. The van der Waals surface area contributed by atoms with E-state index >= 15 is 0 Å². The van der Waals surface area contributed by atoms with Crippen LogP contribution in [0, 0.1) is 16.7 Å². The van der Waals surface area contributed by atoms with Gasteiger partial charge in [0.2, 0.25) is 0 Å². The van der Waals surface area contributed by atoms with Gasteiger partial charge in [-0.2, -0.15) is 0 Å². The van der Waals surface area contributed by atoms with E-state index in [1.165, 1.54) is 12.1 Å². The number of cyclic esters (lactones) is 1. The van der Waals surface area contributed by atoms with Crippen LogP contribution in [-0.4, -0.2) is 33.3 Å². The largest absolute Gasteiger partial charge is 0.457 e. The molecule has 2 aromatic rings. The molecular formula is C21H17NO5S. The minimum atomic E-state index is -3.29. The number of carbonyl (C=O) groups is 1. The van der Waals surface area contributed by atoms with E-state index in [0.29, 0.717) is 22.3 Å². The average Bonchev–Trinajstić information content (AvgIpc) is 3.07. The summed E-state index contributed by atoms with van der Waals surface area (Å²) in [7, 11) is -3.29. The molecule has 0 radical (unpaired) electrons. The van der Waals surface area contributed by atoms with Crippen molar-refractivity contribution in [1.29, 1.82) is 0 Å². The molecule has 3 rings (SSSR count). The smallest absolute Gasteiger partial charge is 0.339 e.